The maximum Gasteiger partial charge on any atom is -0.00430 e. The summed E-state index contributed by atoms with van der Waals surface area (Å²) in [5.41, 5.74) is 9.02. The van der Waals surface area contributed by atoms with E-state index in [0.717, 1.165) is 6.54 Å². The van der Waals surface area contributed by atoms with Crippen LogP contribution in [0.5, 0.6) is 0 Å². The fraction of sp³-hybridized carbons (Fsp3) is 0.625. The third kappa shape index (κ3) is 2.71. The average molecular weight is 231 g/mol. The predicted molar refractivity (Wildman–Crippen MR) is 74.3 cm³/mol. The van der Waals surface area contributed by atoms with Gasteiger partial charge in [0.2, 0.25) is 0 Å². The maximum atomic E-state index is 5.86. The molecule has 2 rings (SSSR count). The Hall–Kier alpha value is -0.820. The van der Waals surface area contributed by atoms with Crippen LogP contribution in [0.25, 0.3) is 0 Å². The minimum absolute atomic E-state index is 0.251. The number of nitrogens with two attached hydrogens (primary N) is 1. The minimum Gasteiger partial charge on any atom is -0.330 e. The topological polar surface area (TPSA) is 26.0 Å². The van der Waals surface area contributed by atoms with Gasteiger partial charge in [-0.25, -0.2) is 0 Å². The van der Waals surface area contributed by atoms with Gasteiger partial charge in [-0.3, -0.25) is 0 Å². The number of rotatable bonds is 2. The standard InChI is InChI=1S/C16H25N/c1-16(2,3)14-9-7-12(8-10-14)15-6-4-5-13(15)11-17/h7-10,13,15H,4-6,11,17H2,1-3H3. The third-order valence-electron chi connectivity index (χ3n) is 4.17. The van der Waals surface area contributed by atoms with Crippen molar-refractivity contribution >= 4 is 0 Å². The highest BCUT2D eigenvalue weighted by Crippen LogP contribution is 2.39. The van der Waals surface area contributed by atoms with Crippen LogP contribution in [0.1, 0.15) is 57.1 Å². The molecule has 1 aliphatic rings. The van der Waals surface area contributed by atoms with Crippen molar-refractivity contribution in [3.8, 4) is 0 Å². The number of hydrogen-bond donors (Lipinski definition) is 1. The van der Waals surface area contributed by atoms with Crippen LogP contribution < -0.4 is 5.73 Å². The molecule has 2 N–H and O–H groups in total. The molecule has 0 aromatic heterocycles. The van der Waals surface area contributed by atoms with Gasteiger partial charge < -0.3 is 5.73 Å². The zero-order chi connectivity index (χ0) is 12.5. The Balaban J connectivity index is 2.18. The molecule has 1 saturated carbocycles. The highest BCUT2D eigenvalue weighted by Gasteiger charge is 2.27. The molecule has 0 radical (unpaired) electrons. The molecule has 0 amide bonds. The van der Waals surface area contributed by atoms with Crippen molar-refractivity contribution in [1.82, 2.24) is 0 Å². The Morgan fingerprint density at radius 3 is 2.29 bits per heavy atom. The minimum atomic E-state index is 0.251. The van der Waals surface area contributed by atoms with Crippen molar-refractivity contribution in [1.29, 1.82) is 0 Å². The third-order valence-corrected chi connectivity index (χ3v) is 4.17. The summed E-state index contributed by atoms with van der Waals surface area (Å²) < 4.78 is 0. The van der Waals surface area contributed by atoms with Crippen LogP contribution in [-0.2, 0) is 5.41 Å². The second-order valence-electron chi connectivity index (χ2n) is 6.41. The first-order chi connectivity index (χ1) is 8.02. The van der Waals surface area contributed by atoms with Crippen LogP contribution in [-0.4, -0.2) is 6.54 Å². The summed E-state index contributed by atoms with van der Waals surface area (Å²) in [5, 5.41) is 0. The van der Waals surface area contributed by atoms with Gasteiger partial charge in [0.15, 0.2) is 0 Å². The number of hydrogen-bond acceptors (Lipinski definition) is 1. The zero-order valence-corrected chi connectivity index (χ0v) is 11.4. The summed E-state index contributed by atoms with van der Waals surface area (Å²) in [6, 6.07) is 9.22. The van der Waals surface area contributed by atoms with E-state index in [9.17, 15) is 0 Å². The van der Waals surface area contributed by atoms with E-state index in [4.69, 9.17) is 5.73 Å². The summed E-state index contributed by atoms with van der Waals surface area (Å²) in [7, 11) is 0. The molecule has 2 atom stereocenters. The van der Waals surface area contributed by atoms with E-state index < -0.39 is 0 Å². The van der Waals surface area contributed by atoms with Gasteiger partial charge in [-0.1, -0.05) is 51.5 Å². The molecule has 1 fully saturated rings. The molecule has 1 aromatic carbocycles. The van der Waals surface area contributed by atoms with Crippen molar-refractivity contribution in [2.75, 3.05) is 6.54 Å². The van der Waals surface area contributed by atoms with Crippen molar-refractivity contribution in [3.05, 3.63) is 35.4 Å². The van der Waals surface area contributed by atoms with Crippen molar-refractivity contribution in [2.45, 2.75) is 51.4 Å². The summed E-state index contributed by atoms with van der Waals surface area (Å²) in [6.45, 7) is 7.63. The summed E-state index contributed by atoms with van der Waals surface area (Å²) in [4.78, 5) is 0. The second kappa shape index (κ2) is 4.81. The van der Waals surface area contributed by atoms with E-state index in [2.05, 4.69) is 45.0 Å². The van der Waals surface area contributed by atoms with E-state index in [1.165, 1.54) is 30.4 Å². The van der Waals surface area contributed by atoms with Gasteiger partial charge in [-0.2, -0.15) is 0 Å². The lowest BCUT2D eigenvalue weighted by Gasteiger charge is -2.22. The molecule has 1 aromatic rings. The average Bonchev–Trinajstić information content (AvgIpc) is 2.76. The first-order valence-electron chi connectivity index (χ1n) is 6.83. The van der Waals surface area contributed by atoms with Crippen molar-refractivity contribution < 1.29 is 0 Å². The maximum absolute atomic E-state index is 5.86. The molecule has 0 spiro atoms. The SMILES string of the molecule is CC(C)(C)c1ccc(C2CCCC2CN)cc1. The predicted octanol–water partition coefficient (Wildman–Crippen LogP) is 3.83. The van der Waals surface area contributed by atoms with E-state index in [1.807, 2.05) is 0 Å². The molecular formula is C16H25N. The Morgan fingerprint density at radius 2 is 1.76 bits per heavy atom. The quantitative estimate of drug-likeness (QED) is 0.822. The molecule has 2 unspecified atom stereocenters. The lowest BCUT2D eigenvalue weighted by molar-refractivity contribution is 0.495. The Labute approximate surface area is 105 Å². The molecule has 0 heterocycles. The van der Waals surface area contributed by atoms with Gasteiger partial charge in [0.25, 0.3) is 0 Å². The molecule has 17 heavy (non-hydrogen) atoms. The summed E-state index contributed by atoms with van der Waals surface area (Å²) in [6.07, 6.45) is 3.96. The molecule has 0 bridgehead atoms. The highest BCUT2D eigenvalue weighted by atomic mass is 14.6. The highest BCUT2D eigenvalue weighted by molar-refractivity contribution is 5.30. The van der Waals surface area contributed by atoms with Crippen LogP contribution >= 0.6 is 0 Å². The van der Waals surface area contributed by atoms with Gasteiger partial charge in [-0.05, 0) is 47.8 Å². The molecule has 1 nitrogen and oxygen atoms in total. The Morgan fingerprint density at radius 1 is 1.12 bits per heavy atom. The lowest BCUT2D eigenvalue weighted by Crippen LogP contribution is -2.17. The van der Waals surface area contributed by atoms with Crippen LogP contribution in [0.2, 0.25) is 0 Å². The van der Waals surface area contributed by atoms with Gasteiger partial charge >= 0.3 is 0 Å². The van der Waals surface area contributed by atoms with E-state index in [0.29, 0.717) is 11.8 Å². The molecule has 1 heteroatoms. The smallest absolute Gasteiger partial charge is 0.00430 e. The van der Waals surface area contributed by atoms with Crippen LogP contribution in [0.15, 0.2) is 24.3 Å². The van der Waals surface area contributed by atoms with Crippen LogP contribution in [0.3, 0.4) is 0 Å². The fourth-order valence-electron chi connectivity index (χ4n) is 2.99. The van der Waals surface area contributed by atoms with Gasteiger partial charge in [0, 0.05) is 0 Å². The number of benzene rings is 1. The summed E-state index contributed by atoms with van der Waals surface area (Å²) >= 11 is 0. The first-order valence-corrected chi connectivity index (χ1v) is 6.83. The molecule has 0 saturated heterocycles. The molecular weight excluding hydrogens is 206 g/mol. The first kappa shape index (κ1) is 12.6. The molecule has 94 valence electrons. The lowest BCUT2D eigenvalue weighted by atomic mass is 9.83. The Kier molecular flexibility index (Phi) is 3.58. The van der Waals surface area contributed by atoms with Gasteiger partial charge in [0.1, 0.15) is 0 Å². The monoisotopic (exact) mass is 231 g/mol. The van der Waals surface area contributed by atoms with Crippen molar-refractivity contribution in [2.24, 2.45) is 11.7 Å². The fourth-order valence-corrected chi connectivity index (χ4v) is 2.99. The van der Waals surface area contributed by atoms with Crippen LogP contribution in [0.4, 0.5) is 0 Å². The molecule has 1 aliphatic carbocycles. The molecule has 0 aliphatic heterocycles. The van der Waals surface area contributed by atoms with Crippen molar-refractivity contribution in [3.63, 3.8) is 0 Å². The van der Waals surface area contributed by atoms with Gasteiger partial charge in [-0.15, -0.1) is 0 Å². The second-order valence-corrected chi connectivity index (χ2v) is 6.41. The Bertz CT molecular complexity index is 358. The van der Waals surface area contributed by atoms with Crippen LogP contribution in [0, 0.1) is 5.92 Å². The van der Waals surface area contributed by atoms with Gasteiger partial charge in [0.05, 0.1) is 0 Å². The van der Waals surface area contributed by atoms with E-state index >= 15 is 0 Å². The van der Waals surface area contributed by atoms with E-state index in [-0.39, 0.29) is 5.41 Å². The summed E-state index contributed by atoms with van der Waals surface area (Å²) in [5.74, 6) is 1.41. The largest absolute Gasteiger partial charge is 0.330 e. The zero-order valence-electron chi connectivity index (χ0n) is 11.4. The normalized spacial score (nSPS) is 25.2. The van der Waals surface area contributed by atoms with E-state index in [1.54, 1.807) is 0 Å².